The molecule has 0 radical (unpaired) electrons. The van der Waals surface area contributed by atoms with Gasteiger partial charge in [-0.05, 0) is 57.6 Å². The molecule has 0 heterocycles. The van der Waals surface area contributed by atoms with Gasteiger partial charge in [0.05, 0.1) is 5.25 Å². The molecule has 1 aliphatic rings. The molecule has 1 aromatic carbocycles. The molecule has 0 amide bonds. The van der Waals surface area contributed by atoms with Crippen molar-refractivity contribution in [2.24, 2.45) is 5.92 Å². The maximum absolute atomic E-state index is 11.9. The zero-order valence-electron chi connectivity index (χ0n) is 15.4. The first-order valence-corrected chi connectivity index (χ1v) is 12.0. The van der Waals surface area contributed by atoms with Gasteiger partial charge < -0.3 is 5.32 Å². The fourth-order valence-corrected chi connectivity index (χ4v) is 4.90. The van der Waals surface area contributed by atoms with Crippen molar-refractivity contribution in [3.05, 3.63) is 35.9 Å². The summed E-state index contributed by atoms with van der Waals surface area (Å²) in [5.74, 6) is 2.88. The average Bonchev–Trinajstić information content (AvgIpc) is 2.60. The maximum Gasteiger partial charge on any atom is 0.214 e. The van der Waals surface area contributed by atoms with Crippen LogP contribution in [0.15, 0.2) is 30.3 Å². The highest BCUT2D eigenvalue weighted by molar-refractivity contribution is 7.98. The van der Waals surface area contributed by atoms with Gasteiger partial charge in [-0.1, -0.05) is 30.3 Å². The van der Waals surface area contributed by atoms with E-state index < -0.39 is 10.0 Å². The quantitative estimate of drug-likeness (QED) is 0.607. The minimum atomic E-state index is -3.13. The number of hydrogen-bond donors (Lipinski definition) is 2. The average molecular weight is 385 g/mol. The summed E-state index contributed by atoms with van der Waals surface area (Å²) in [6, 6.07) is 10.7. The van der Waals surface area contributed by atoms with Crippen molar-refractivity contribution in [3.8, 4) is 0 Å². The monoisotopic (exact) mass is 384 g/mol. The molecule has 0 aliphatic heterocycles. The highest BCUT2D eigenvalue weighted by Gasteiger charge is 2.26. The summed E-state index contributed by atoms with van der Waals surface area (Å²) in [5.41, 5.74) is 1.38. The van der Waals surface area contributed by atoms with Crippen LogP contribution in [-0.2, 0) is 15.8 Å². The molecule has 0 unspecified atom stereocenters. The number of thioether (sulfide) groups is 1. The van der Waals surface area contributed by atoms with Gasteiger partial charge in [0, 0.05) is 24.1 Å². The van der Waals surface area contributed by atoms with Crippen LogP contribution in [0, 0.1) is 5.92 Å². The Morgan fingerprint density at radius 3 is 2.44 bits per heavy atom. The topological polar surface area (TPSA) is 58.2 Å². The highest BCUT2D eigenvalue weighted by Crippen LogP contribution is 2.24. The molecule has 0 atom stereocenters. The Balaban J connectivity index is 1.52. The lowest BCUT2D eigenvalue weighted by atomic mass is 9.86. The number of sulfonamides is 1. The molecule has 1 aromatic rings. The zero-order chi connectivity index (χ0) is 18.1. The Kier molecular flexibility index (Phi) is 8.76. The third kappa shape index (κ3) is 7.69. The van der Waals surface area contributed by atoms with E-state index in [2.05, 4.69) is 40.4 Å². The van der Waals surface area contributed by atoms with Crippen LogP contribution in [0.5, 0.6) is 0 Å². The summed E-state index contributed by atoms with van der Waals surface area (Å²) in [4.78, 5) is 0. The van der Waals surface area contributed by atoms with Crippen molar-refractivity contribution in [2.45, 2.75) is 56.6 Å². The third-order valence-electron chi connectivity index (χ3n) is 4.77. The molecule has 1 fully saturated rings. The highest BCUT2D eigenvalue weighted by atomic mass is 32.2. The first kappa shape index (κ1) is 20.7. The molecule has 25 heavy (non-hydrogen) atoms. The molecule has 0 aromatic heterocycles. The minimum absolute atomic E-state index is 0.130. The SMILES string of the molecule is CC(C)S(=O)(=O)NC1CCC(CNCCSCc2ccccc2)CC1. The van der Waals surface area contributed by atoms with Crippen molar-refractivity contribution in [1.82, 2.24) is 10.0 Å². The molecule has 0 bridgehead atoms. The predicted molar refractivity (Wildman–Crippen MR) is 108 cm³/mol. The van der Waals surface area contributed by atoms with Crippen molar-refractivity contribution < 1.29 is 8.42 Å². The van der Waals surface area contributed by atoms with Gasteiger partial charge in [-0.15, -0.1) is 0 Å². The molecule has 142 valence electrons. The van der Waals surface area contributed by atoms with Crippen LogP contribution < -0.4 is 10.0 Å². The lowest BCUT2D eigenvalue weighted by Crippen LogP contribution is -2.42. The number of hydrogen-bond acceptors (Lipinski definition) is 4. The minimum Gasteiger partial charge on any atom is -0.316 e. The second-order valence-corrected chi connectivity index (χ2v) is 10.5. The van der Waals surface area contributed by atoms with Crippen molar-refractivity contribution in [1.29, 1.82) is 0 Å². The fraction of sp³-hybridized carbons (Fsp3) is 0.684. The van der Waals surface area contributed by atoms with Crippen LogP contribution in [0.3, 0.4) is 0 Å². The molecule has 1 saturated carbocycles. The normalized spacial score (nSPS) is 21.6. The van der Waals surface area contributed by atoms with E-state index in [-0.39, 0.29) is 11.3 Å². The molecule has 0 spiro atoms. The van der Waals surface area contributed by atoms with Gasteiger partial charge >= 0.3 is 0 Å². The number of benzene rings is 1. The predicted octanol–water partition coefficient (Wildman–Crippen LogP) is 3.40. The first-order valence-electron chi connectivity index (χ1n) is 9.31. The first-order chi connectivity index (χ1) is 12.0. The summed E-state index contributed by atoms with van der Waals surface area (Å²) in [5, 5.41) is 3.22. The standard InChI is InChI=1S/C19H32N2O2S2/c1-16(2)25(22,23)21-19-10-8-17(9-11-19)14-20-12-13-24-15-18-6-4-3-5-7-18/h3-7,16-17,19-21H,8-15H2,1-2H3. The molecule has 2 rings (SSSR count). The Hall–Kier alpha value is -0.560. The van der Waals surface area contributed by atoms with Gasteiger partial charge in [0.2, 0.25) is 10.0 Å². The van der Waals surface area contributed by atoms with Crippen LogP contribution in [0.25, 0.3) is 0 Å². The summed E-state index contributed by atoms with van der Waals surface area (Å²) in [6.45, 7) is 5.55. The van der Waals surface area contributed by atoms with Crippen molar-refractivity contribution >= 4 is 21.8 Å². The van der Waals surface area contributed by atoms with Crippen molar-refractivity contribution in [2.75, 3.05) is 18.8 Å². The van der Waals surface area contributed by atoms with Gasteiger partial charge in [-0.25, -0.2) is 13.1 Å². The van der Waals surface area contributed by atoms with Gasteiger partial charge in [0.25, 0.3) is 0 Å². The molecule has 2 N–H and O–H groups in total. The molecule has 0 saturated heterocycles. The van der Waals surface area contributed by atoms with Crippen LogP contribution in [0.2, 0.25) is 0 Å². The van der Waals surface area contributed by atoms with E-state index in [9.17, 15) is 8.42 Å². The van der Waals surface area contributed by atoms with Gasteiger partial charge in [-0.3, -0.25) is 0 Å². The van der Waals surface area contributed by atoms with Crippen LogP contribution >= 0.6 is 11.8 Å². The Morgan fingerprint density at radius 1 is 1.12 bits per heavy atom. The Morgan fingerprint density at radius 2 is 1.80 bits per heavy atom. The molecule has 4 nitrogen and oxygen atoms in total. The maximum atomic E-state index is 11.9. The van der Waals surface area contributed by atoms with Crippen molar-refractivity contribution in [3.63, 3.8) is 0 Å². The van der Waals surface area contributed by atoms with Crippen LogP contribution in [0.1, 0.15) is 45.1 Å². The number of nitrogens with one attached hydrogen (secondary N) is 2. The second-order valence-electron chi connectivity index (χ2n) is 7.17. The number of rotatable bonds is 10. The van der Waals surface area contributed by atoms with E-state index in [0.717, 1.165) is 50.3 Å². The van der Waals surface area contributed by atoms with Gasteiger partial charge in [-0.2, -0.15) is 11.8 Å². The van der Waals surface area contributed by atoms with E-state index in [1.807, 2.05) is 11.8 Å². The van der Waals surface area contributed by atoms with E-state index in [1.165, 1.54) is 5.56 Å². The molecule has 1 aliphatic carbocycles. The van der Waals surface area contributed by atoms with E-state index in [0.29, 0.717) is 5.92 Å². The Labute approximate surface area is 157 Å². The van der Waals surface area contributed by atoms with E-state index >= 15 is 0 Å². The van der Waals surface area contributed by atoms with Crippen LogP contribution in [-0.4, -0.2) is 38.6 Å². The molecular weight excluding hydrogens is 352 g/mol. The summed E-state index contributed by atoms with van der Waals surface area (Å²) in [6.07, 6.45) is 4.13. The fourth-order valence-electron chi connectivity index (χ4n) is 3.07. The Bertz CT molecular complexity index is 583. The summed E-state index contributed by atoms with van der Waals surface area (Å²) in [7, 11) is -3.13. The summed E-state index contributed by atoms with van der Waals surface area (Å²) < 4.78 is 26.7. The van der Waals surface area contributed by atoms with Gasteiger partial charge in [0.15, 0.2) is 0 Å². The van der Waals surface area contributed by atoms with Gasteiger partial charge in [0.1, 0.15) is 0 Å². The van der Waals surface area contributed by atoms with Crippen LogP contribution in [0.4, 0.5) is 0 Å². The smallest absolute Gasteiger partial charge is 0.214 e. The largest absolute Gasteiger partial charge is 0.316 e. The lowest BCUT2D eigenvalue weighted by molar-refractivity contribution is 0.304. The lowest BCUT2D eigenvalue weighted by Gasteiger charge is -2.29. The van der Waals surface area contributed by atoms with E-state index in [1.54, 1.807) is 13.8 Å². The molecule has 6 heteroatoms. The molecular formula is C19H32N2O2S2. The second kappa shape index (κ2) is 10.6. The zero-order valence-corrected chi connectivity index (χ0v) is 17.0. The van der Waals surface area contributed by atoms with E-state index in [4.69, 9.17) is 0 Å². The third-order valence-corrected chi connectivity index (χ3v) is 7.70. The summed E-state index contributed by atoms with van der Waals surface area (Å²) >= 11 is 1.96.